The zero-order valence-electron chi connectivity index (χ0n) is 9.88. The van der Waals surface area contributed by atoms with E-state index < -0.39 is 18.0 Å². The summed E-state index contributed by atoms with van der Waals surface area (Å²) in [4.78, 5) is 22.4. The minimum Gasteiger partial charge on any atom is -0.458 e. The molecule has 0 heterocycles. The number of carbonyl (C=O) groups is 2. The van der Waals surface area contributed by atoms with Gasteiger partial charge in [0.15, 0.2) is 6.10 Å². The fourth-order valence-electron chi connectivity index (χ4n) is 1.14. The van der Waals surface area contributed by atoms with Gasteiger partial charge in [-0.3, -0.25) is 4.79 Å². The van der Waals surface area contributed by atoms with Crippen LogP contribution in [0.4, 0.5) is 0 Å². The highest BCUT2D eigenvalue weighted by atomic mass is 16.6. The second-order valence-electron chi connectivity index (χ2n) is 3.46. The van der Waals surface area contributed by atoms with Gasteiger partial charge in [-0.2, -0.15) is 0 Å². The summed E-state index contributed by atoms with van der Waals surface area (Å²) in [5, 5.41) is 0. The van der Waals surface area contributed by atoms with Crippen molar-refractivity contribution in [2.45, 2.75) is 26.6 Å². The van der Waals surface area contributed by atoms with Crippen LogP contribution in [-0.4, -0.2) is 18.0 Å². The maximum absolute atomic E-state index is 11.5. The highest BCUT2D eigenvalue weighted by molar-refractivity contribution is 5.82. The van der Waals surface area contributed by atoms with Crippen molar-refractivity contribution in [3.05, 3.63) is 42.3 Å². The fourth-order valence-corrected chi connectivity index (χ4v) is 1.14. The molecule has 0 aliphatic rings. The molecule has 0 fully saturated rings. The third kappa shape index (κ3) is 4.68. The molecule has 0 N–H and O–H groups in total. The quantitative estimate of drug-likeness (QED) is 0.731. The summed E-state index contributed by atoms with van der Waals surface area (Å²) in [7, 11) is 0. The molecular formula is C13H15O4. The van der Waals surface area contributed by atoms with Gasteiger partial charge < -0.3 is 9.47 Å². The van der Waals surface area contributed by atoms with E-state index in [-0.39, 0.29) is 6.61 Å². The second-order valence-corrected chi connectivity index (χ2v) is 3.46. The third-order valence-corrected chi connectivity index (χ3v) is 2.08. The minimum atomic E-state index is -0.887. The predicted octanol–water partition coefficient (Wildman–Crippen LogP) is 1.89. The van der Waals surface area contributed by atoms with E-state index in [4.69, 9.17) is 9.47 Å². The average molecular weight is 235 g/mol. The van der Waals surface area contributed by atoms with Gasteiger partial charge in [-0.15, -0.1) is 0 Å². The average Bonchev–Trinajstić information content (AvgIpc) is 2.36. The lowest BCUT2D eigenvalue weighted by Crippen LogP contribution is -2.26. The summed E-state index contributed by atoms with van der Waals surface area (Å²) in [6, 6.07) is 9.30. The van der Waals surface area contributed by atoms with Gasteiger partial charge in [0.25, 0.3) is 0 Å². The lowest BCUT2D eigenvalue weighted by Gasteiger charge is -2.11. The highest BCUT2D eigenvalue weighted by Gasteiger charge is 2.18. The molecule has 0 aliphatic heterocycles. The Morgan fingerprint density at radius 1 is 1.29 bits per heavy atom. The van der Waals surface area contributed by atoms with E-state index in [0.29, 0.717) is 0 Å². The standard InChI is InChI=1S/C13H15O4/c1-3-12(14)17-10(2)13(15)16-9-11-7-5-4-6-8-11/h3-8,10H,9H2,1-2H3/t10-/m0/s1. The van der Waals surface area contributed by atoms with E-state index in [1.165, 1.54) is 13.3 Å². The number of rotatable bonds is 5. The van der Waals surface area contributed by atoms with Crippen LogP contribution < -0.4 is 0 Å². The summed E-state index contributed by atoms with van der Waals surface area (Å²) < 4.78 is 9.79. The number of hydrogen-bond acceptors (Lipinski definition) is 4. The number of carbonyl (C=O) groups excluding carboxylic acids is 2. The first-order chi connectivity index (χ1) is 8.13. The van der Waals surface area contributed by atoms with Gasteiger partial charge in [0.05, 0.1) is 6.42 Å². The van der Waals surface area contributed by atoms with Crippen LogP contribution in [0.5, 0.6) is 0 Å². The van der Waals surface area contributed by atoms with Crippen molar-refractivity contribution in [3.8, 4) is 0 Å². The normalized spacial score (nSPS) is 11.6. The van der Waals surface area contributed by atoms with Crippen LogP contribution in [-0.2, 0) is 25.7 Å². The van der Waals surface area contributed by atoms with Crippen molar-refractivity contribution in [1.82, 2.24) is 0 Å². The summed E-state index contributed by atoms with van der Waals surface area (Å²) >= 11 is 0. The Labute approximate surface area is 101 Å². The van der Waals surface area contributed by atoms with E-state index >= 15 is 0 Å². The van der Waals surface area contributed by atoms with E-state index in [1.54, 1.807) is 6.92 Å². The second kappa shape index (κ2) is 6.68. The van der Waals surface area contributed by atoms with Crippen molar-refractivity contribution in [1.29, 1.82) is 0 Å². The minimum absolute atomic E-state index is 0.178. The lowest BCUT2D eigenvalue weighted by molar-refractivity contribution is -0.165. The Hall–Kier alpha value is -1.84. The van der Waals surface area contributed by atoms with Crippen LogP contribution in [0.3, 0.4) is 0 Å². The molecule has 0 unspecified atom stereocenters. The van der Waals surface area contributed by atoms with E-state index in [0.717, 1.165) is 5.56 Å². The molecule has 1 aromatic carbocycles. The van der Waals surface area contributed by atoms with Gasteiger partial charge in [-0.25, -0.2) is 4.79 Å². The van der Waals surface area contributed by atoms with Gasteiger partial charge in [0.1, 0.15) is 6.61 Å². The van der Waals surface area contributed by atoms with Crippen LogP contribution in [0.2, 0.25) is 0 Å². The molecule has 0 aromatic heterocycles. The van der Waals surface area contributed by atoms with Gasteiger partial charge >= 0.3 is 11.9 Å². The molecule has 0 saturated carbocycles. The van der Waals surface area contributed by atoms with Gasteiger partial charge in [0.2, 0.25) is 0 Å². The number of hydrogen-bond donors (Lipinski definition) is 0. The fraction of sp³-hybridized carbons (Fsp3) is 0.308. The maximum Gasteiger partial charge on any atom is 0.347 e. The molecule has 0 spiro atoms. The van der Waals surface area contributed by atoms with E-state index in [2.05, 4.69) is 0 Å². The first-order valence-corrected chi connectivity index (χ1v) is 5.34. The van der Waals surface area contributed by atoms with Gasteiger partial charge in [-0.1, -0.05) is 37.3 Å². The van der Waals surface area contributed by atoms with Gasteiger partial charge in [0, 0.05) is 0 Å². The summed E-state index contributed by atoms with van der Waals surface area (Å²) in [5.41, 5.74) is 0.890. The van der Waals surface area contributed by atoms with Crippen LogP contribution >= 0.6 is 0 Å². The Morgan fingerprint density at radius 2 is 1.94 bits per heavy atom. The molecular weight excluding hydrogens is 220 g/mol. The van der Waals surface area contributed by atoms with Crippen LogP contribution in [0.25, 0.3) is 0 Å². The molecule has 1 aromatic rings. The first-order valence-electron chi connectivity index (χ1n) is 5.34. The Balaban J connectivity index is 2.37. The summed E-state index contributed by atoms with van der Waals surface area (Å²) in [6.07, 6.45) is 0.364. The predicted molar refractivity (Wildman–Crippen MR) is 61.8 cm³/mol. The molecule has 1 atom stereocenters. The topological polar surface area (TPSA) is 52.6 Å². The van der Waals surface area contributed by atoms with Crippen LogP contribution in [0.15, 0.2) is 30.3 Å². The van der Waals surface area contributed by atoms with Gasteiger partial charge in [-0.05, 0) is 12.5 Å². The van der Waals surface area contributed by atoms with Crippen molar-refractivity contribution in [2.24, 2.45) is 0 Å². The molecule has 0 amide bonds. The SMILES string of the molecule is C[CH]C(=O)O[C@@H](C)C(=O)OCc1ccccc1. The number of ether oxygens (including phenoxy) is 2. The number of esters is 2. The molecule has 0 aliphatic carbocycles. The van der Waals surface area contributed by atoms with Crippen LogP contribution in [0, 0.1) is 6.42 Å². The van der Waals surface area contributed by atoms with Crippen LogP contribution in [0.1, 0.15) is 19.4 Å². The van der Waals surface area contributed by atoms with Crippen molar-refractivity contribution >= 4 is 11.9 Å². The van der Waals surface area contributed by atoms with E-state index in [9.17, 15) is 9.59 Å². The molecule has 0 bridgehead atoms. The van der Waals surface area contributed by atoms with Crippen molar-refractivity contribution in [2.75, 3.05) is 0 Å². The lowest BCUT2D eigenvalue weighted by atomic mass is 10.2. The summed E-state index contributed by atoms with van der Waals surface area (Å²) in [5.74, 6) is -1.08. The number of benzene rings is 1. The maximum atomic E-state index is 11.5. The molecule has 1 radical (unpaired) electrons. The monoisotopic (exact) mass is 235 g/mol. The highest BCUT2D eigenvalue weighted by Crippen LogP contribution is 2.03. The zero-order chi connectivity index (χ0) is 12.7. The molecule has 4 nitrogen and oxygen atoms in total. The Kier molecular flexibility index (Phi) is 5.20. The Morgan fingerprint density at radius 3 is 2.53 bits per heavy atom. The van der Waals surface area contributed by atoms with Crippen molar-refractivity contribution in [3.63, 3.8) is 0 Å². The first kappa shape index (κ1) is 13.2. The zero-order valence-corrected chi connectivity index (χ0v) is 9.88. The molecule has 0 saturated heterocycles. The summed E-state index contributed by atoms with van der Waals surface area (Å²) in [6.45, 7) is 3.20. The smallest absolute Gasteiger partial charge is 0.347 e. The molecule has 91 valence electrons. The largest absolute Gasteiger partial charge is 0.458 e. The molecule has 4 heteroatoms. The third-order valence-electron chi connectivity index (χ3n) is 2.08. The van der Waals surface area contributed by atoms with Crippen molar-refractivity contribution < 1.29 is 19.1 Å². The Bertz CT molecular complexity index is 372. The molecule has 1 rings (SSSR count). The van der Waals surface area contributed by atoms with E-state index in [1.807, 2.05) is 30.3 Å². The molecule has 17 heavy (non-hydrogen) atoms.